The van der Waals surface area contributed by atoms with Gasteiger partial charge in [-0.25, -0.2) is 9.37 Å². The fraction of sp³-hybridized carbons (Fsp3) is 0.526. The molecule has 4 rings (SSSR count). The number of thioether (sulfide) groups is 1. The minimum absolute atomic E-state index is 0.0979. The quantitative estimate of drug-likeness (QED) is 0.780. The van der Waals surface area contributed by atoms with Crippen molar-refractivity contribution < 1.29 is 14.3 Å². The van der Waals surface area contributed by atoms with Crippen LogP contribution in [0.5, 0.6) is 0 Å². The lowest BCUT2D eigenvalue weighted by Crippen LogP contribution is -2.51. The van der Waals surface area contributed by atoms with Crippen molar-refractivity contribution in [2.75, 3.05) is 39.3 Å². The lowest BCUT2D eigenvalue weighted by molar-refractivity contribution is 0.0688. The molecule has 9 heteroatoms. The van der Waals surface area contributed by atoms with Crippen molar-refractivity contribution in [3.63, 3.8) is 0 Å². The molecule has 150 valence electrons. The number of aromatic nitrogens is 3. The second-order valence-electron chi connectivity index (χ2n) is 7.05. The summed E-state index contributed by atoms with van der Waals surface area (Å²) in [7, 11) is 0. The van der Waals surface area contributed by atoms with Crippen LogP contribution in [0.3, 0.4) is 0 Å². The van der Waals surface area contributed by atoms with Gasteiger partial charge >= 0.3 is 0 Å². The van der Waals surface area contributed by atoms with Crippen LogP contribution in [0, 0.1) is 5.82 Å². The van der Waals surface area contributed by atoms with Crippen LogP contribution in [-0.4, -0.2) is 80.2 Å². The maximum atomic E-state index is 14.0. The number of fused-ring (bicyclic) bond motifs is 1. The van der Waals surface area contributed by atoms with E-state index in [9.17, 15) is 9.18 Å². The van der Waals surface area contributed by atoms with Crippen LogP contribution >= 0.6 is 11.8 Å². The number of piperazine rings is 1. The summed E-state index contributed by atoms with van der Waals surface area (Å²) in [5.74, 6) is 0.259. The number of aliphatic hydroxyl groups is 1. The molecule has 2 aliphatic rings. The highest BCUT2D eigenvalue weighted by molar-refractivity contribution is 8.00. The summed E-state index contributed by atoms with van der Waals surface area (Å²) in [5, 5.41) is 13.7. The first-order chi connectivity index (χ1) is 13.6. The lowest BCUT2D eigenvalue weighted by atomic mass is 10.00. The number of nitrogens with zero attached hydrogens (tertiary/aromatic N) is 5. The van der Waals surface area contributed by atoms with Crippen LogP contribution in [0.4, 0.5) is 4.39 Å². The maximum Gasteiger partial charge on any atom is 0.264 e. The SMILES string of the molecule is CCc1nc2n(n1)C(=O)C(C(c1cccc(F)c1)N1CCN(CCO)CC1)S2. The molecule has 2 atom stereocenters. The van der Waals surface area contributed by atoms with Gasteiger partial charge in [-0.1, -0.05) is 30.8 Å². The summed E-state index contributed by atoms with van der Waals surface area (Å²) < 4.78 is 15.4. The van der Waals surface area contributed by atoms with Crippen molar-refractivity contribution in [2.24, 2.45) is 0 Å². The van der Waals surface area contributed by atoms with Gasteiger partial charge in [0.05, 0.1) is 12.6 Å². The number of benzene rings is 1. The molecule has 1 fully saturated rings. The summed E-state index contributed by atoms with van der Waals surface area (Å²) in [6.45, 7) is 5.86. The van der Waals surface area contributed by atoms with Gasteiger partial charge in [0.2, 0.25) is 0 Å². The molecule has 1 aromatic heterocycles. The number of β-amino-alcohol motifs (C(OH)–C–C–N with tert-alkyl or cyclic N) is 1. The van der Waals surface area contributed by atoms with Crippen LogP contribution < -0.4 is 0 Å². The van der Waals surface area contributed by atoms with Crippen LogP contribution in [0.2, 0.25) is 0 Å². The Hall–Kier alpha value is -1.81. The van der Waals surface area contributed by atoms with Gasteiger partial charge in [0.1, 0.15) is 11.1 Å². The molecule has 1 aromatic carbocycles. The normalized spacial score (nSPS) is 21.8. The molecule has 0 saturated carbocycles. The third-order valence-electron chi connectivity index (χ3n) is 5.32. The van der Waals surface area contributed by atoms with Crippen molar-refractivity contribution in [3.8, 4) is 0 Å². The van der Waals surface area contributed by atoms with Gasteiger partial charge < -0.3 is 5.11 Å². The Kier molecular flexibility index (Phi) is 5.77. The molecule has 0 spiro atoms. The fourth-order valence-corrected chi connectivity index (χ4v) is 5.14. The van der Waals surface area contributed by atoms with Gasteiger partial charge in [-0.2, -0.15) is 4.68 Å². The Bertz CT molecular complexity index is 853. The molecule has 7 nitrogen and oxygen atoms in total. The molecular formula is C19H24FN5O2S. The van der Waals surface area contributed by atoms with Gasteiger partial charge in [-0.05, 0) is 17.7 Å². The molecule has 2 aliphatic heterocycles. The van der Waals surface area contributed by atoms with Gasteiger partial charge in [0.25, 0.3) is 5.91 Å². The molecule has 2 aromatic rings. The van der Waals surface area contributed by atoms with E-state index in [1.54, 1.807) is 6.07 Å². The first-order valence-electron chi connectivity index (χ1n) is 9.60. The topological polar surface area (TPSA) is 74.5 Å². The van der Waals surface area contributed by atoms with E-state index >= 15 is 0 Å². The van der Waals surface area contributed by atoms with Gasteiger partial charge in [-0.15, -0.1) is 5.10 Å². The largest absolute Gasteiger partial charge is 0.395 e. The highest BCUT2D eigenvalue weighted by Crippen LogP contribution is 2.41. The Balaban J connectivity index is 1.61. The molecule has 0 aliphatic carbocycles. The Labute approximate surface area is 167 Å². The number of halogens is 1. The maximum absolute atomic E-state index is 14.0. The van der Waals surface area contributed by atoms with Crippen molar-refractivity contribution in [3.05, 3.63) is 41.5 Å². The van der Waals surface area contributed by atoms with Crippen molar-refractivity contribution in [1.82, 2.24) is 24.6 Å². The van der Waals surface area contributed by atoms with Crippen LogP contribution in [-0.2, 0) is 6.42 Å². The summed E-state index contributed by atoms with van der Waals surface area (Å²) in [6, 6.07) is 6.26. The number of rotatable bonds is 6. The van der Waals surface area contributed by atoms with Crippen molar-refractivity contribution >= 4 is 17.7 Å². The predicted octanol–water partition coefficient (Wildman–Crippen LogP) is 1.45. The molecular weight excluding hydrogens is 381 g/mol. The Morgan fingerprint density at radius 1 is 1.32 bits per heavy atom. The van der Waals surface area contributed by atoms with Crippen LogP contribution in [0.25, 0.3) is 0 Å². The predicted molar refractivity (Wildman–Crippen MR) is 104 cm³/mol. The average Bonchev–Trinajstić information content (AvgIpc) is 3.23. The molecule has 0 bridgehead atoms. The molecule has 3 heterocycles. The van der Waals surface area contributed by atoms with Crippen molar-refractivity contribution in [2.45, 2.75) is 29.8 Å². The van der Waals surface area contributed by atoms with Crippen LogP contribution in [0.15, 0.2) is 29.4 Å². The third kappa shape index (κ3) is 3.71. The summed E-state index contributed by atoms with van der Waals surface area (Å²) in [6.07, 6.45) is 0.679. The minimum Gasteiger partial charge on any atom is -0.395 e. The number of carbonyl (C=O) groups excluding carboxylic acids is 1. The summed E-state index contributed by atoms with van der Waals surface area (Å²) in [4.78, 5) is 22.0. The molecule has 28 heavy (non-hydrogen) atoms. The zero-order valence-corrected chi connectivity index (χ0v) is 16.6. The average molecular weight is 405 g/mol. The number of aryl methyl sites for hydroxylation is 1. The second-order valence-corrected chi connectivity index (χ2v) is 8.16. The monoisotopic (exact) mass is 405 g/mol. The fourth-order valence-electron chi connectivity index (χ4n) is 3.87. The van der Waals surface area contributed by atoms with E-state index < -0.39 is 5.25 Å². The third-order valence-corrected chi connectivity index (χ3v) is 6.50. The first-order valence-corrected chi connectivity index (χ1v) is 10.5. The second kappa shape index (κ2) is 8.28. The van der Waals surface area contributed by atoms with Gasteiger partial charge in [0, 0.05) is 39.1 Å². The lowest BCUT2D eigenvalue weighted by Gasteiger charge is -2.40. The summed E-state index contributed by atoms with van der Waals surface area (Å²) in [5.41, 5.74) is 0.794. The molecule has 1 N–H and O–H groups in total. The molecule has 0 radical (unpaired) electrons. The molecule has 2 unspecified atom stereocenters. The van der Waals surface area contributed by atoms with E-state index in [-0.39, 0.29) is 24.4 Å². The number of aliphatic hydroxyl groups excluding tert-OH is 1. The number of hydrogen-bond acceptors (Lipinski definition) is 7. The zero-order chi connectivity index (χ0) is 19.7. The van der Waals surface area contributed by atoms with E-state index in [0.717, 1.165) is 31.7 Å². The van der Waals surface area contributed by atoms with Gasteiger partial charge in [0.15, 0.2) is 11.0 Å². The number of carbonyl (C=O) groups is 1. The van der Waals surface area contributed by atoms with Gasteiger partial charge in [-0.3, -0.25) is 14.6 Å². The Morgan fingerprint density at radius 3 is 2.75 bits per heavy atom. The van der Waals surface area contributed by atoms with E-state index in [1.165, 1.54) is 28.6 Å². The van der Waals surface area contributed by atoms with E-state index in [2.05, 4.69) is 19.9 Å². The molecule has 0 amide bonds. The minimum atomic E-state index is -0.410. The zero-order valence-electron chi connectivity index (χ0n) is 15.8. The van der Waals surface area contributed by atoms with E-state index in [4.69, 9.17) is 5.11 Å². The number of hydrogen-bond donors (Lipinski definition) is 1. The first kappa shape index (κ1) is 19.5. The standard InChI is InChI=1S/C19H24FN5O2S/c1-2-15-21-19-25(22-15)18(27)17(28-19)16(13-4-3-5-14(20)12-13)24-8-6-23(7-9-24)10-11-26/h3-5,12,16-17,26H,2,6-11H2,1H3. The molecule has 1 saturated heterocycles. The highest BCUT2D eigenvalue weighted by Gasteiger charge is 2.43. The van der Waals surface area contributed by atoms with Crippen molar-refractivity contribution in [1.29, 1.82) is 0 Å². The van der Waals surface area contributed by atoms with Crippen LogP contribution in [0.1, 0.15) is 29.1 Å². The van der Waals surface area contributed by atoms with E-state index in [0.29, 0.717) is 23.9 Å². The highest BCUT2D eigenvalue weighted by atomic mass is 32.2. The summed E-state index contributed by atoms with van der Waals surface area (Å²) >= 11 is 1.42. The smallest absolute Gasteiger partial charge is 0.264 e. The Morgan fingerprint density at radius 2 is 2.11 bits per heavy atom. The van der Waals surface area contributed by atoms with E-state index in [1.807, 2.05) is 13.0 Å².